The van der Waals surface area contributed by atoms with Crippen molar-refractivity contribution in [2.75, 3.05) is 0 Å². The summed E-state index contributed by atoms with van der Waals surface area (Å²) in [5.41, 5.74) is 3.10. The lowest BCUT2D eigenvalue weighted by molar-refractivity contribution is 0.405. The van der Waals surface area contributed by atoms with E-state index in [1.54, 1.807) is 0 Å². The second-order valence-corrected chi connectivity index (χ2v) is 5.15. The Morgan fingerprint density at radius 2 is 1.70 bits per heavy atom. The zero-order valence-electron chi connectivity index (χ0n) is 11.2. The van der Waals surface area contributed by atoms with E-state index < -0.39 is 8.25 Å². The fourth-order valence-electron chi connectivity index (χ4n) is 2.61. The van der Waals surface area contributed by atoms with Gasteiger partial charge in [0.2, 0.25) is 0 Å². The van der Waals surface area contributed by atoms with E-state index in [-0.39, 0.29) is 0 Å². The first kappa shape index (κ1) is 16.4. The summed E-state index contributed by atoms with van der Waals surface area (Å²) >= 11 is 0. The molecule has 0 radical (unpaired) electrons. The molecule has 1 saturated carbocycles. The average molecular weight is 289 g/mol. The Balaban J connectivity index is 0.000000444. The molecule has 0 aliphatic heterocycles. The lowest BCUT2D eigenvalue weighted by Crippen LogP contribution is -2.07. The smallest absolute Gasteiger partial charge is 0.134 e. The van der Waals surface area contributed by atoms with E-state index in [1.807, 2.05) is 12.1 Å². The van der Waals surface area contributed by atoms with Crippen molar-refractivity contribution in [1.29, 1.82) is 0 Å². The quantitative estimate of drug-likeness (QED) is 0.616. The minimum atomic E-state index is -2.87. The zero-order valence-corrected chi connectivity index (χ0v) is 12.1. The molecule has 0 heterocycles. The van der Waals surface area contributed by atoms with Crippen LogP contribution in [0, 0.1) is 24.7 Å². The average Bonchev–Trinajstić information content (AvgIpc) is 2.46. The van der Waals surface area contributed by atoms with Gasteiger partial charge in [0, 0.05) is 15.7 Å². The molecular weight excluding hydrogens is 271 g/mol. The predicted molar refractivity (Wildman–Crippen MR) is 80.2 cm³/mol. The lowest BCUT2D eigenvalue weighted by Gasteiger charge is -2.23. The van der Waals surface area contributed by atoms with E-state index in [1.165, 1.54) is 37.7 Å². The first-order chi connectivity index (χ1) is 9.60. The Labute approximate surface area is 121 Å². The maximum absolute atomic E-state index is 8.70. The highest BCUT2D eigenvalue weighted by Crippen LogP contribution is 2.34. The van der Waals surface area contributed by atoms with Crippen LogP contribution in [0.25, 0.3) is 0 Å². The fraction of sp³-hybridized carbons (Fsp3) is 0.375. The molecule has 2 rings (SSSR count). The van der Waals surface area contributed by atoms with E-state index in [2.05, 4.69) is 17.9 Å². The van der Waals surface area contributed by atoms with Crippen LogP contribution in [-0.2, 0) is 4.57 Å². The predicted octanol–water partition coefficient (Wildman–Crippen LogP) is 3.33. The van der Waals surface area contributed by atoms with Crippen LogP contribution in [0.15, 0.2) is 18.2 Å². The normalized spacial score (nSPS) is 14.4. The Morgan fingerprint density at radius 3 is 2.20 bits per heavy atom. The van der Waals surface area contributed by atoms with Crippen molar-refractivity contribution in [2.45, 2.75) is 38.0 Å². The summed E-state index contributed by atoms with van der Waals surface area (Å²) in [5, 5.41) is 0. The molecule has 1 aliphatic rings. The van der Waals surface area contributed by atoms with Crippen molar-refractivity contribution in [1.82, 2.24) is 0 Å². The van der Waals surface area contributed by atoms with Crippen LogP contribution in [0.4, 0.5) is 0 Å². The van der Waals surface area contributed by atoms with E-state index >= 15 is 0 Å². The molecule has 1 fully saturated rings. The molecule has 0 unspecified atom stereocenters. The van der Waals surface area contributed by atoms with Crippen molar-refractivity contribution in [2.24, 2.45) is 0 Å². The van der Waals surface area contributed by atoms with Crippen molar-refractivity contribution in [3.63, 3.8) is 0 Å². The Kier molecular flexibility index (Phi) is 6.99. The number of rotatable bonds is 1. The van der Waals surface area contributed by atoms with Gasteiger partial charge in [0.25, 0.3) is 0 Å². The molecule has 0 bridgehead atoms. The van der Waals surface area contributed by atoms with Gasteiger partial charge in [-0.2, -0.15) is 0 Å². The first-order valence-electron chi connectivity index (χ1n) is 6.51. The molecule has 0 spiro atoms. The summed E-state index contributed by atoms with van der Waals surface area (Å²) in [7, 11) is -2.87. The summed E-state index contributed by atoms with van der Waals surface area (Å²) in [5.74, 6) is 6.07. The van der Waals surface area contributed by atoms with E-state index in [0.717, 1.165) is 11.1 Å². The standard InChI is InChI=1S/C16H16.HO3P/c1-3-13-11-8-12-16(15(13)4-2)14-9-6-5-7-10-14;1-4(2)3/h1-2,8,11-12,14H,5-7,9-10H2;(H-,1,2,3)/p+1. The van der Waals surface area contributed by atoms with Crippen molar-refractivity contribution in [3.05, 3.63) is 34.9 Å². The van der Waals surface area contributed by atoms with Gasteiger partial charge in [0.1, 0.15) is 0 Å². The number of benzene rings is 1. The van der Waals surface area contributed by atoms with Gasteiger partial charge in [0.05, 0.1) is 0 Å². The SMILES string of the molecule is C#Cc1cccc(C2CCCCC2)c1C#C.O=[P+](O)O. The lowest BCUT2D eigenvalue weighted by atomic mass is 9.81. The van der Waals surface area contributed by atoms with Gasteiger partial charge in [-0.1, -0.05) is 43.2 Å². The topological polar surface area (TPSA) is 57.5 Å². The molecule has 1 aromatic carbocycles. The maximum Gasteiger partial charge on any atom is 0.692 e. The minimum Gasteiger partial charge on any atom is -0.134 e. The van der Waals surface area contributed by atoms with Crippen LogP contribution in [0.3, 0.4) is 0 Å². The van der Waals surface area contributed by atoms with Gasteiger partial charge in [-0.15, -0.1) is 22.6 Å². The van der Waals surface area contributed by atoms with Crippen LogP contribution >= 0.6 is 8.25 Å². The Hall–Kier alpha value is -1.64. The molecule has 1 aromatic rings. The molecular formula is C16H18O3P+. The van der Waals surface area contributed by atoms with Gasteiger partial charge < -0.3 is 0 Å². The molecule has 3 nitrogen and oxygen atoms in total. The summed E-state index contributed by atoms with van der Waals surface area (Å²) in [6.45, 7) is 0. The number of hydrogen-bond acceptors (Lipinski definition) is 1. The van der Waals surface area contributed by atoms with E-state index in [9.17, 15) is 0 Å². The van der Waals surface area contributed by atoms with Crippen molar-refractivity contribution in [3.8, 4) is 24.7 Å². The molecule has 104 valence electrons. The highest BCUT2D eigenvalue weighted by molar-refractivity contribution is 7.30. The van der Waals surface area contributed by atoms with Crippen LogP contribution in [0.2, 0.25) is 0 Å². The third kappa shape index (κ3) is 4.80. The van der Waals surface area contributed by atoms with Gasteiger partial charge in [-0.3, -0.25) is 0 Å². The van der Waals surface area contributed by atoms with Gasteiger partial charge in [-0.25, -0.2) is 0 Å². The number of terminal acetylenes is 2. The molecule has 4 heteroatoms. The number of hydrogen-bond donors (Lipinski definition) is 2. The van der Waals surface area contributed by atoms with Gasteiger partial charge in [-0.05, 0) is 30.4 Å². The van der Waals surface area contributed by atoms with Crippen molar-refractivity contribution >= 4 is 8.25 Å². The highest BCUT2D eigenvalue weighted by Gasteiger charge is 2.18. The van der Waals surface area contributed by atoms with Crippen LogP contribution in [-0.4, -0.2) is 9.79 Å². The zero-order chi connectivity index (χ0) is 15.0. The Morgan fingerprint density at radius 1 is 1.10 bits per heavy atom. The summed E-state index contributed by atoms with van der Waals surface area (Å²) in [6, 6.07) is 6.10. The summed E-state index contributed by atoms with van der Waals surface area (Å²) in [4.78, 5) is 14.2. The van der Waals surface area contributed by atoms with Gasteiger partial charge in [0.15, 0.2) is 0 Å². The minimum absolute atomic E-state index is 0.619. The second kappa shape index (κ2) is 8.51. The fourth-order valence-corrected chi connectivity index (χ4v) is 2.61. The molecule has 20 heavy (non-hydrogen) atoms. The Bertz CT molecular complexity index is 542. The first-order valence-corrected chi connectivity index (χ1v) is 7.67. The van der Waals surface area contributed by atoms with Gasteiger partial charge >= 0.3 is 8.25 Å². The largest absolute Gasteiger partial charge is 0.692 e. The van der Waals surface area contributed by atoms with E-state index in [0.29, 0.717) is 5.92 Å². The maximum atomic E-state index is 8.70. The van der Waals surface area contributed by atoms with Crippen LogP contribution < -0.4 is 0 Å². The third-order valence-corrected chi connectivity index (χ3v) is 3.44. The molecule has 2 N–H and O–H groups in total. The monoisotopic (exact) mass is 289 g/mol. The van der Waals surface area contributed by atoms with E-state index in [4.69, 9.17) is 27.2 Å². The molecule has 0 atom stereocenters. The third-order valence-electron chi connectivity index (χ3n) is 3.44. The molecule has 0 aromatic heterocycles. The summed E-state index contributed by atoms with van der Waals surface area (Å²) < 4.78 is 8.70. The molecule has 0 amide bonds. The molecule has 1 aliphatic carbocycles. The van der Waals surface area contributed by atoms with Crippen LogP contribution in [0.1, 0.15) is 54.7 Å². The second-order valence-electron chi connectivity index (χ2n) is 4.65. The van der Waals surface area contributed by atoms with Crippen molar-refractivity contribution < 1.29 is 14.4 Å². The molecule has 0 saturated heterocycles. The highest BCUT2D eigenvalue weighted by atomic mass is 31.1. The summed E-state index contributed by atoms with van der Waals surface area (Å²) in [6.07, 6.45) is 17.6. The van der Waals surface area contributed by atoms with Crippen LogP contribution in [0.5, 0.6) is 0 Å².